The average molecular weight is 364 g/mol. The third-order valence-electron chi connectivity index (χ3n) is 4.17. The van der Waals surface area contributed by atoms with Gasteiger partial charge in [0.25, 0.3) is 0 Å². The van der Waals surface area contributed by atoms with E-state index in [1.807, 2.05) is 18.2 Å². The zero-order valence-electron chi connectivity index (χ0n) is 13.2. The fraction of sp³-hybridized carbons (Fsp3) is 0.235. The Labute approximate surface area is 146 Å². The van der Waals surface area contributed by atoms with Gasteiger partial charge in [0, 0.05) is 28.7 Å². The van der Waals surface area contributed by atoms with E-state index in [0.717, 1.165) is 17.9 Å². The molecule has 5 nitrogen and oxygen atoms in total. The predicted molar refractivity (Wildman–Crippen MR) is 95.2 cm³/mol. The molecule has 1 heterocycles. The van der Waals surface area contributed by atoms with Crippen molar-refractivity contribution in [3.63, 3.8) is 0 Å². The van der Waals surface area contributed by atoms with Crippen molar-refractivity contribution in [3.8, 4) is 0 Å². The Hall–Kier alpha value is -1.89. The van der Waals surface area contributed by atoms with Crippen LogP contribution < -0.4 is 10.0 Å². The molecule has 1 aromatic carbocycles. The van der Waals surface area contributed by atoms with Crippen LogP contribution in [0.15, 0.2) is 48.1 Å². The topological polar surface area (TPSA) is 71.1 Å². The minimum absolute atomic E-state index is 0.115. The van der Waals surface area contributed by atoms with Crippen molar-refractivity contribution in [1.82, 2.24) is 15.0 Å². The van der Waals surface area contributed by atoms with Gasteiger partial charge >= 0.3 is 0 Å². The summed E-state index contributed by atoms with van der Waals surface area (Å²) in [6.07, 6.45) is 4.81. The molecular weight excluding hydrogens is 346 g/mol. The van der Waals surface area contributed by atoms with Gasteiger partial charge < -0.3 is 5.32 Å². The number of fused-ring (bicyclic) bond motifs is 1. The van der Waals surface area contributed by atoms with E-state index in [9.17, 15) is 8.42 Å². The van der Waals surface area contributed by atoms with E-state index in [-0.39, 0.29) is 10.9 Å². The van der Waals surface area contributed by atoms with Crippen LogP contribution in [0.3, 0.4) is 0 Å². The number of hydrogen-bond acceptors (Lipinski definition) is 4. The van der Waals surface area contributed by atoms with Crippen molar-refractivity contribution in [3.05, 3.63) is 65.0 Å². The van der Waals surface area contributed by atoms with Crippen LogP contribution in [0, 0.1) is 0 Å². The van der Waals surface area contributed by atoms with Gasteiger partial charge in [-0.25, -0.2) is 13.1 Å². The first kappa shape index (κ1) is 17.0. The van der Waals surface area contributed by atoms with Gasteiger partial charge in [-0.1, -0.05) is 24.2 Å². The molecule has 0 radical (unpaired) electrons. The number of hydrogen-bond donors (Lipinski definition) is 2. The number of aryl methyl sites for hydroxylation is 1. The number of aromatic nitrogens is 1. The number of halogens is 1. The Morgan fingerprint density at radius 1 is 1.33 bits per heavy atom. The van der Waals surface area contributed by atoms with Crippen molar-refractivity contribution < 1.29 is 8.42 Å². The highest BCUT2D eigenvalue weighted by atomic mass is 35.5. The first-order valence-electron chi connectivity index (χ1n) is 7.53. The smallest absolute Gasteiger partial charge is 0.241 e. The zero-order valence-corrected chi connectivity index (χ0v) is 14.8. The second kappa shape index (κ2) is 6.55. The summed E-state index contributed by atoms with van der Waals surface area (Å²) in [7, 11) is -2.16. The van der Waals surface area contributed by atoms with E-state index in [1.165, 1.54) is 24.4 Å². The Morgan fingerprint density at radius 3 is 2.88 bits per heavy atom. The lowest BCUT2D eigenvalue weighted by molar-refractivity contribution is 0.587. The molecule has 1 aliphatic rings. The van der Waals surface area contributed by atoms with Gasteiger partial charge in [-0.15, -0.1) is 0 Å². The molecule has 126 valence electrons. The summed E-state index contributed by atoms with van der Waals surface area (Å²) in [5.74, 6) is 0. The molecule has 1 aromatic heterocycles. The van der Waals surface area contributed by atoms with Crippen LogP contribution in [0.25, 0.3) is 5.70 Å². The SMILES string of the molecule is C=C(N[C@@H]1CCc2cc(Cl)ccc21)c1cncc(S(=O)(=O)NC)c1. The number of pyridine rings is 1. The minimum atomic E-state index is -3.53. The lowest BCUT2D eigenvalue weighted by Crippen LogP contribution is -2.20. The fourth-order valence-corrected chi connectivity index (χ4v) is 3.79. The van der Waals surface area contributed by atoms with E-state index >= 15 is 0 Å². The number of nitrogens with one attached hydrogen (secondary N) is 2. The molecule has 0 amide bonds. The zero-order chi connectivity index (χ0) is 17.3. The normalized spacial score (nSPS) is 16.7. The molecule has 0 fully saturated rings. The summed E-state index contributed by atoms with van der Waals surface area (Å²) in [5, 5.41) is 4.11. The van der Waals surface area contributed by atoms with Crippen LogP contribution in [0.2, 0.25) is 5.02 Å². The van der Waals surface area contributed by atoms with Gasteiger partial charge in [-0.05, 0) is 49.2 Å². The molecule has 0 saturated heterocycles. The fourth-order valence-electron chi connectivity index (χ4n) is 2.88. The van der Waals surface area contributed by atoms with Gasteiger partial charge in [0.05, 0.1) is 6.04 Å². The van der Waals surface area contributed by atoms with Gasteiger partial charge in [0.2, 0.25) is 10.0 Å². The Bertz CT molecular complexity index is 896. The molecular formula is C17H18ClN3O2S. The Kier molecular flexibility index (Phi) is 4.62. The number of nitrogens with zero attached hydrogens (tertiary/aromatic N) is 1. The third-order valence-corrected chi connectivity index (χ3v) is 5.79. The van der Waals surface area contributed by atoms with E-state index in [1.54, 1.807) is 12.3 Å². The summed E-state index contributed by atoms with van der Waals surface area (Å²) >= 11 is 6.04. The third kappa shape index (κ3) is 3.31. The van der Waals surface area contributed by atoms with Crippen molar-refractivity contribution in [1.29, 1.82) is 0 Å². The Balaban J connectivity index is 1.81. The molecule has 0 unspecified atom stereocenters. The molecule has 24 heavy (non-hydrogen) atoms. The van der Waals surface area contributed by atoms with E-state index in [4.69, 9.17) is 11.6 Å². The molecule has 0 bridgehead atoms. The van der Waals surface area contributed by atoms with Gasteiger partial charge in [-0.2, -0.15) is 0 Å². The van der Waals surface area contributed by atoms with Gasteiger partial charge in [0.1, 0.15) is 4.90 Å². The molecule has 0 aliphatic heterocycles. The summed E-state index contributed by atoms with van der Waals surface area (Å²) in [4.78, 5) is 4.13. The van der Waals surface area contributed by atoms with Gasteiger partial charge in [0.15, 0.2) is 0 Å². The predicted octanol–water partition coefficient (Wildman–Crippen LogP) is 2.89. The van der Waals surface area contributed by atoms with Crippen molar-refractivity contribution in [2.75, 3.05) is 7.05 Å². The lowest BCUT2D eigenvalue weighted by Gasteiger charge is -2.18. The van der Waals surface area contributed by atoms with Crippen LogP contribution in [0.1, 0.15) is 29.2 Å². The van der Waals surface area contributed by atoms with Crippen LogP contribution in [0.5, 0.6) is 0 Å². The highest BCUT2D eigenvalue weighted by molar-refractivity contribution is 7.89. The molecule has 2 N–H and O–H groups in total. The first-order valence-corrected chi connectivity index (χ1v) is 9.39. The first-order chi connectivity index (χ1) is 11.4. The lowest BCUT2D eigenvalue weighted by atomic mass is 10.1. The largest absolute Gasteiger partial charge is 0.378 e. The maximum absolute atomic E-state index is 11.9. The second-order valence-electron chi connectivity index (χ2n) is 5.67. The summed E-state index contributed by atoms with van der Waals surface area (Å²) in [6, 6.07) is 7.59. The molecule has 1 aliphatic carbocycles. The summed E-state index contributed by atoms with van der Waals surface area (Å²) in [5.41, 5.74) is 3.72. The molecule has 1 atom stereocenters. The highest BCUT2D eigenvalue weighted by Crippen LogP contribution is 2.34. The van der Waals surface area contributed by atoms with E-state index < -0.39 is 10.0 Å². The molecule has 3 rings (SSSR count). The maximum atomic E-state index is 11.9. The van der Waals surface area contributed by atoms with Gasteiger partial charge in [-0.3, -0.25) is 4.98 Å². The maximum Gasteiger partial charge on any atom is 0.241 e. The number of rotatable bonds is 5. The average Bonchev–Trinajstić information content (AvgIpc) is 2.96. The van der Waals surface area contributed by atoms with E-state index in [0.29, 0.717) is 11.3 Å². The van der Waals surface area contributed by atoms with Crippen LogP contribution in [-0.4, -0.2) is 20.4 Å². The number of sulfonamides is 1. The highest BCUT2D eigenvalue weighted by Gasteiger charge is 2.23. The summed E-state index contributed by atoms with van der Waals surface area (Å²) < 4.78 is 26.1. The van der Waals surface area contributed by atoms with Crippen molar-refractivity contribution in [2.45, 2.75) is 23.8 Å². The van der Waals surface area contributed by atoms with Crippen LogP contribution in [-0.2, 0) is 16.4 Å². The van der Waals surface area contributed by atoms with Crippen molar-refractivity contribution >= 4 is 27.3 Å². The molecule has 0 saturated carbocycles. The minimum Gasteiger partial charge on any atom is -0.378 e. The molecule has 0 spiro atoms. The second-order valence-corrected chi connectivity index (χ2v) is 8.00. The monoisotopic (exact) mass is 363 g/mol. The Morgan fingerprint density at radius 2 is 2.12 bits per heavy atom. The summed E-state index contributed by atoms with van der Waals surface area (Å²) in [6.45, 7) is 4.04. The molecule has 7 heteroatoms. The van der Waals surface area contributed by atoms with Crippen molar-refractivity contribution in [2.24, 2.45) is 0 Å². The molecule has 2 aromatic rings. The standard InChI is InChI=1S/C17H18ClN3O2S/c1-11(13-8-15(10-20-9-13)24(22,23)19-2)21-17-6-3-12-7-14(18)4-5-16(12)17/h4-5,7-10,17,19,21H,1,3,6H2,2H3/t17-/m1/s1. The quantitative estimate of drug-likeness (QED) is 0.856. The number of benzene rings is 1. The van der Waals surface area contributed by atoms with E-state index in [2.05, 4.69) is 21.6 Å². The van der Waals surface area contributed by atoms with Crippen LogP contribution in [0.4, 0.5) is 0 Å². The van der Waals surface area contributed by atoms with Crippen LogP contribution >= 0.6 is 11.6 Å².